The number of allylic oxidation sites excluding steroid dienone is 4. The van der Waals surface area contributed by atoms with E-state index >= 15 is 0 Å². The Morgan fingerprint density at radius 2 is 1.42 bits per heavy atom. The number of nitrogens with one attached hydrogen (secondary N) is 3. The zero-order valence-electron chi connectivity index (χ0n) is 26.6. The van der Waals surface area contributed by atoms with Crippen molar-refractivity contribution < 1.29 is 14.3 Å². The van der Waals surface area contributed by atoms with Crippen LogP contribution in [-0.2, 0) is 4.79 Å². The van der Waals surface area contributed by atoms with Crippen LogP contribution in [0.1, 0.15) is 77.6 Å². The van der Waals surface area contributed by atoms with Crippen LogP contribution in [0, 0.1) is 18.3 Å². The lowest BCUT2D eigenvalue weighted by Crippen LogP contribution is -2.21. The molecule has 2 aromatic carbocycles. The molecule has 0 bridgehead atoms. The normalized spacial score (nSPS) is 11.2. The Hall–Kier alpha value is -3.73. The molecule has 0 aromatic heterocycles. The van der Waals surface area contributed by atoms with Gasteiger partial charge in [-0.15, -0.1) is 12.8 Å². The maximum atomic E-state index is 12.4. The largest absolute Gasteiger partial charge is 0.494 e. The smallest absolute Gasteiger partial charge is 0.257 e. The second-order valence-electron chi connectivity index (χ2n) is 9.32. The maximum absolute atomic E-state index is 12.4. The number of carbonyl (C=O) groups excluding carboxylic acids is 2. The lowest BCUT2D eigenvalue weighted by Gasteiger charge is -2.13. The predicted molar refractivity (Wildman–Crippen MR) is 186 cm³/mol. The number of hydrogen-bond donors (Lipinski definition) is 3. The molecule has 2 aromatic rings. The Kier molecular flexibility index (Phi) is 25.0. The number of methoxy groups -OCH3 is 1. The highest BCUT2D eigenvalue weighted by Crippen LogP contribution is 2.32. The van der Waals surface area contributed by atoms with Crippen LogP contribution in [0.25, 0.3) is 0 Å². The summed E-state index contributed by atoms with van der Waals surface area (Å²) in [6, 6.07) is 9.58. The van der Waals surface area contributed by atoms with Crippen molar-refractivity contribution in [3.05, 3.63) is 75.3 Å². The number of likely N-dealkylation sites (tertiary alicyclic amines) is 1. The SMILES string of the molecule is C#C.CC.CC(C)=CC=C(C)C.COc1cc(Cl)cc(C(=O)Nc2ccc(Cl)cc2)c1NC=O.N=CN1CCCCCC1. The van der Waals surface area contributed by atoms with Gasteiger partial charge in [-0.2, -0.15) is 0 Å². The first-order valence-electron chi connectivity index (χ1n) is 14.1. The number of hydrogen-bond acceptors (Lipinski definition) is 4. The van der Waals surface area contributed by atoms with Gasteiger partial charge in [0, 0.05) is 34.9 Å². The van der Waals surface area contributed by atoms with E-state index in [1.54, 1.807) is 24.3 Å². The third kappa shape index (κ3) is 19.2. The number of anilines is 2. The highest BCUT2D eigenvalue weighted by Gasteiger charge is 2.17. The summed E-state index contributed by atoms with van der Waals surface area (Å²) in [6.07, 6.45) is 19.4. The third-order valence-electron chi connectivity index (χ3n) is 5.41. The van der Waals surface area contributed by atoms with E-state index in [0.29, 0.717) is 27.9 Å². The molecule has 0 radical (unpaired) electrons. The van der Waals surface area contributed by atoms with E-state index in [1.165, 1.54) is 62.4 Å². The molecule has 0 unspecified atom stereocenters. The maximum Gasteiger partial charge on any atom is 0.257 e. The first-order chi connectivity index (χ1) is 20.6. The molecular weight excluding hydrogens is 583 g/mol. The van der Waals surface area contributed by atoms with Gasteiger partial charge in [0.25, 0.3) is 5.91 Å². The van der Waals surface area contributed by atoms with Gasteiger partial charge in [0.15, 0.2) is 0 Å². The van der Waals surface area contributed by atoms with Crippen molar-refractivity contribution in [3.63, 3.8) is 0 Å². The molecule has 2 amide bonds. The van der Waals surface area contributed by atoms with E-state index < -0.39 is 5.91 Å². The average Bonchev–Trinajstić information content (AvgIpc) is 3.30. The van der Waals surface area contributed by atoms with E-state index in [9.17, 15) is 9.59 Å². The molecule has 9 heteroatoms. The summed E-state index contributed by atoms with van der Waals surface area (Å²) >= 11 is 11.8. The van der Waals surface area contributed by atoms with Crippen LogP contribution in [0.2, 0.25) is 10.0 Å². The molecule has 1 aliphatic rings. The van der Waals surface area contributed by atoms with Gasteiger partial charge in [0.05, 0.1) is 24.7 Å². The minimum absolute atomic E-state index is 0.186. The monoisotopic (exact) mass is 630 g/mol. The molecule has 43 heavy (non-hydrogen) atoms. The lowest BCUT2D eigenvalue weighted by atomic mass is 10.1. The molecule has 0 spiro atoms. The Labute approximate surface area is 269 Å². The van der Waals surface area contributed by atoms with Gasteiger partial charge in [-0.05, 0) is 70.9 Å². The number of benzene rings is 2. The molecule has 1 aliphatic heterocycles. The second kappa shape index (κ2) is 25.9. The summed E-state index contributed by atoms with van der Waals surface area (Å²) in [6.45, 7) is 14.6. The number of carbonyl (C=O) groups is 2. The zero-order chi connectivity index (χ0) is 33.2. The number of ether oxygens (including phenoxy) is 1. The predicted octanol–water partition coefficient (Wildman–Crippen LogP) is 9.49. The van der Waals surface area contributed by atoms with Gasteiger partial charge in [0.1, 0.15) is 5.75 Å². The van der Waals surface area contributed by atoms with Crippen molar-refractivity contribution in [2.75, 3.05) is 30.8 Å². The van der Waals surface area contributed by atoms with Crippen molar-refractivity contribution in [2.24, 2.45) is 0 Å². The summed E-state index contributed by atoms with van der Waals surface area (Å²) in [5.41, 5.74) is 3.70. The standard InChI is InChI=1S/C15H12Cl2N2O3.C8H14.C7H14N2.C2H6.C2H2/c1-22-13-7-10(17)6-12(14(13)18-8-20)15(21)19-11-4-2-9(16)3-5-11;1-7(2)5-6-8(3)4;8-7-9-5-3-1-2-4-6-9;2*1-2/h2-8H,1H3,(H,18,20)(H,19,21);5-6H,1-4H3;7-8H,1-6H2;1-2H3;1-2H. The highest BCUT2D eigenvalue weighted by atomic mass is 35.5. The van der Waals surface area contributed by atoms with Crippen LogP contribution < -0.4 is 15.4 Å². The van der Waals surface area contributed by atoms with E-state index in [0.717, 1.165) is 13.1 Å². The first kappa shape index (κ1) is 41.4. The van der Waals surface area contributed by atoms with E-state index in [-0.39, 0.29) is 11.3 Å². The van der Waals surface area contributed by atoms with E-state index in [4.69, 9.17) is 33.3 Å². The fourth-order valence-corrected chi connectivity index (χ4v) is 3.75. The van der Waals surface area contributed by atoms with Gasteiger partial charge in [-0.1, -0.05) is 73.2 Å². The van der Waals surface area contributed by atoms with Crippen molar-refractivity contribution >= 4 is 53.2 Å². The summed E-state index contributed by atoms with van der Waals surface area (Å²) in [5, 5.41) is 13.0. The van der Waals surface area contributed by atoms with Crippen LogP contribution in [0.15, 0.2) is 59.7 Å². The minimum Gasteiger partial charge on any atom is -0.494 e. The fourth-order valence-electron chi connectivity index (χ4n) is 3.42. The zero-order valence-corrected chi connectivity index (χ0v) is 28.1. The van der Waals surface area contributed by atoms with Crippen molar-refractivity contribution in [1.29, 1.82) is 5.41 Å². The quantitative estimate of drug-likeness (QED) is 0.0933. The number of amides is 2. The molecule has 0 atom stereocenters. The van der Waals surface area contributed by atoms with Crippen molar-refractivity contribution in [2.45, 2.75) is 67.2 Å². The number of terminal acetylenes is 1. The minimum atomic E-state index is -0.438. The van der Waals surface area contributed by atoms with E-state index in [2.05, 4.69) is 68.2 Å². The Morgan fingerprint density at radius 1 is 0.907 bits per heavy atom. The van der Waals surface area contributed by atoms with Gasteiger partial charge in [0.2, 0.25) is 6.41 Å². The van der Waals surface area contributed by atoms with Crippen LogP contribution in [0.4, 0.5) is 11.4 Å². The molecular formula is C34H48Cl2N4O3. The van der Waals surface area contributed by atoms with Crippen LogP contribution in [0.3, 0.4) is 0 Å². The molecule has 0 saturated carbocycles. The molecule has 1 saturated heterocycles. The molecule has 1 heterocycles. The molecule has 7 nitrogen and oxygen atoms in total. The number of nitrogens with zero attached hydrogens (tertiary/aromatic N) is 1. The topological polar surface area (TPSA) is 94.5 Å². The van der Waals surface area contributed by atoms with Crippen LogP contribution in [0.5, 0.6) is 5.75 Å². The summed E-state index contributed by atoms with van der Waals surface area (Å²) < 4.78 is 5.13. The number of rotatable bonds is 7. The van der Waals surface area contributed by atoms with Crippen LogP contribution in [-0.4, -0.2) is 43.8 Å². The van der Waals surface area contributed by atoms with E-state index in [1.807, 2.05) is 13.8 Å². The number of halogens is 2. The van der Waals surface area contributed by atoms with Gasteiger partial charge in [-0.25, -0.2) is 0 Å². The van der Waals surface area contributed by atoms with Gasteiger partial charge < -0.3 is 20.3 Å². The summed E-state index contributed by atoms with van der Waals surface area (Å²) in [7, 11) is 1.42. The fraction of sp³-hybridized carbons (Fsp3) is 0.382. The van der Waals surface area contributed by atoms with Gasteiger partial charge >= 0.3 is 0 Å². The Balaban J connectivity index is 0. The molecule has 0 aliphatic carbocycles. The molecule has 236 valence electrons. The summed E-state index contributed by atoms with van der Waals surface area (Å²) in [5.74, 6) is -0.145. The Morgan fingerprint density at radius 3 is 1.84 bits per heavy atom. The van der Waals surface area contributed by atoms with Crippen molar-refractivity contribution in [3.8, 4) is 18.6 Å². The Bertz CT molecular complexity index is 1140. The first-order valence-corrected chi connectivity index (χ1v) is 14.9. The highest BCUT2D eigenvalue weighted by molar-refractivity contribution is 6.32. The molecule has 3 N–H and O–H groups in total. The third-order valence-corrected chi connectivity index (χ3v) is 5.88. The lowest BCUT2D eigenvalue weighted by molar-refractivity contribution is -0.105. The van der Waals surface area contributed by atoms with Gasteiger partial charge in [-0.3, -0.25) is 15.0 Å². The van der Waals surface area contributed by atoms with Crippen LogP contribution >= 0.6 is 23.2 Å². The summed E-state index contributed by atoms with van der Waals surface area (Å²) in [4.78, 5) is 25.2. The average molecular weight is 632 g/mol. The molecule has 1 fully saturated rings. The van der Waals surface area contributed by atoms with Crippen molar-refractivity contribution in [1.82, 2.24) is 4.90 Å². The molecule has 3 rings (SSSR count). The second-order valence-corrected chi connectivity index (χ2v) is 10.2.